The van der Waals surface area contributed by atoms with Crippen LogP contribution in [0.4, 0.5) is 5.69 Å². The first-order valence-corrected chi connectivity index (χ1v) is 12.5. The van der Waals surface area contributed by atoms with Crippen molar-refractivity contribution in [3.05, 3.63) is 71.5 Å². The number of anilines is 1. The van der Waals surface area contributed by atoms with Crippen LogP contribution in [0.15, 0.2) is 54.7 Å². The monoisotopic (exact) mass is 467 g/mol. The number of aromatic nitrogens is 1. The molecule has 0 atom stereocenters. The minimum Gasteiger partial charge on any atom is -0.350 e. The number of carbonyl (C=O) groups excluding carboxylic acids is 2. The Morgan fingerprint density at radius 1 is 1.03 bits per heavy atom. The molecule has 1 saturated carbocycles. The Morgan fingerprint density at radius 3 is 2.48 bits per heavy atom. The van der Waals surface area contributed by atoms with E-state index in [1.165, 1.54) is 12.6 Å². The summed E-state index contributed by atoms with van der Waals surface area (Å²) in [6.45, 7) is 0.472. The SMILES string of the molecule is CS(=O)(=O)OCc1ccc(C(=O)Nc2cccnc2C(=O)NCC2CCC2)c2ccccc12. The highest BCUT2D eigenvalue weighted by molar-refractivity contribution is 7.85. The largest absolute Gasteiger partial charge is 0.350 e. The molecule has 2 amide bonds. The van der Waals surface area contributed by atoms with Gasteiger partial charge in [0.25, 0.3) is 21.9 Å². The highest BCUT2D eigenvalue weighted by Crippen LogP contribution is 2.26. The van der Waals surface area contributed by atoms with Gasteiger partial charge >= 0.3 is 0 Å². The van der Waals surface area contributed by atoms with E-state index in [2.05, 4.69) is 15.6 Å². The van der Waals surface area contributed by atoms with E-state index in [4.69, 9.17) is 4.18 Å². The van der Waals surface area contributed by atoms with E-state index in [1.54, 1.807) is 48.5 Å². The lowest BCUT2D eigenvalue weighted by Gasteiger charge is -2.25. The summed E-state index contributed by atoms with van der Waals surface area (Å²) in [7, 11) is -3.60. The van der Waals surface area contributed by atoms with Crippen LogP contribution in [0.2, 0.25) is 0 Å². The van der Waals surface area contributed by atoms with Gasteiger partial charge in [-0.2, -0.15) is 8.42 Å². The van der Waals surface area contributed by atoms with Gasteiger partial charge in [0.15, 0.2) is 5.69 Å². The summed E-state index contributed by atoms with van der Waals surface area (Å²) < 4.78 is 27.7. The Bertz CT molecular complexity index is 1300. The molecule has 1 aliphatic rings. The van der Waals surface area contributed by atoms with E-state index in [9.17, 15) is 18.0 Å². The number of benzene rings is 2. The summed E-state index contributed by atoms with van der Waals surface area (Å²) in [4.78, 5) is 30.0. The Balaban J connectivity index is 1.57. The van der Waals surface area contributed by atoms with Crippen LogP contribution in [-0.2, 0) is 20.9 Å². The maximum atomic E-state index is 13.2. The number of nitrogens with one attached hydrogen (secondary N) is 2. The van der Waals surface area contributed by atoms with Gasteiger partial charge in [-0.1, -0.05) is 36.8 Å². The Hall–Kier alpha value is -3.30. The first-order chi connectivity index (χ1) is 15.8. The molecule has 1 fully saturated rings. The summed E-state index contributed by atoms with van der Waals surface area (Å²) in [6.07, 6.45) is 5.93. The minimum atomic E-state index is -3.60. The van der Waals surface area contributed by atoms with Crippen LogP contribution in [-0.4, -0.2) is 38.0 Å². The summed E-state index contributed by atoms with van der Waals surface area (Å²) in [5.41, 5.74) is 1.51. The number of pyridine rings is 1. The van der Waals surface area contributed by atoms with Crippen LogP contribution in [0.3, 0.4) is 0 Å². The van der Waals surface area contributed by atoms with Crippen molar-refractivity contribution in [2.45, 2.75) is 25.9 Å². The van der Waals surface area contributed by atoms with Gasteiger partial charge in [-0.25, -0.2) is 4.98 Å². The topological polar surface area (TPSA) is 114 Å². The second-order valence-corrected chi connectivity index (χ2v) is 9.79. The third kappa shape index (κ3) is 5.55. The third-order valence-electron chi connectivity index (χ3n) is 5.73. The van der Waals surface area contributed by atoms with Crippen molar-refractivity contribution in [3.8, 4) is 0 Å². The molecule has 8 nitrogen and oxygen atoms in total. The van der Waals surface area contributed by atoms with Crippen LogP contribution < -0.4 is 10.6 Å². The fourth-order valence-electron chi connectivity index (χ4n) is 3.75. The van der Waals surface area contributed by atoms with Gasteiger partial charge in [-0.3, -0.25) is 13.8 Å². The molecule has 2 aromatic carbocycles. The average Bonchev–Trinajstić information content (AvgIpc) is 2.76. The molecular formula is C24H25N3O5S. The average molecular weight is 468 g/mol. The van der Waals surface area contributed by atoms with Crippen molar-refractivity contribution in [3.63, 3.8) is 0 Å². The number of hydrogen-bond acceptors (Lipinski definition) is 6. The molecule has 2 N–H and O–H groups in total. The standard InChI is InChI=1S/C24H25N3O5S/c1-33(30,31)32-15-17-11-12-20(19-9-3-2-8-18(17)19)23(28)27-21-10-5-13-25-22(21)24(29)26-14-16-6-4-7-16/h2-3,5,8-13,16H,4,6-7,14-15H2,1H3,(H,26,29)(H,27,28). The quantitative estimate of drug-likeness (QED) is 0.490. The van der Waals surface area contributed by atoms with Crippen molar-refractivity contribution >= 4 is 38.4 Å². The van der Waals surface area contributed by atoms with Gasteiger partial charge in [0, 0.05) is 18.3 Å². The van der Waals surface area contributed by atoms with Crippen molar-refractivity contribution in [2.24, 2.45) is 5.92 Å². The zero-order chi connectivity index (χ0) is 23.4. The van der Waals surface area contributed by atoms with Crippen LogP contribution in [0, 0.1) is 5.92 Å². The number of carbonyl (C=O) groups is 2. The molecule has 1 heterocycles. The first-order valence-electron chi connectivity index (χ1n) is 10.7. The zero-order valence-electron chi connectivity index (χ0n) is 18.2. The molecule has 0 saturated heterocycles. The number of amides is 2. The minimum absolute atomic E-state index is 0.130. The molecule has 3 aromatic rings. The summed E-state index contributed by atoms with van der Waals surface area (Å²) in [6, 6.07) is 13.8. The van der Waals surface area contributed by atoms with Crippen molar-refractivity contribution in [1.29, 1.82) is 0 Å². The number of nitrogens with zero attached hydrogens (tertiary/aromatic N) is 1. The fourth-order valence-corrected chi connectivity index (χ4v) is 4.09. The molecule has 1 aromatic heterocycles. The van der Waals surface area contributed by atoms with Crippen LogP contribution in [0.1, 0.15) is 45.7 Å². The van der Waals surface area contributed by atoms with E-state index in [0.717, 1.165) is 19.1 Å². The summed E-state index contributed by atoms with van der Waals surface area (Å²) >= 11 is 0. The van der Waals surface area contributed by atoms with Crippen molar-refractivity contribution < 1.29 is 22.2 Å². The van der Waals surface area contributed by atoms with Gasteiger partial charge in [0.1, 0.15) is 0 Å². The molecule has 4 rings (SSSR count). The highest BCUT2D eigenvalue weighted by Gasteiger charge is 2.21. The maximum absolute atomic E-state index is 13.2. The van der Waals surface area contributed by atoms with Crippen LogP contribution in [0.5, 0.6) is 0 Å². The molecule has 1 aliphatic carbocycles. The molecule has 172 valence electrons. The van der Waals surface area contributed by atoms with Gasteiger partial charge in [0.2, 0.25) is 0 Å². The van der Waals surface area contributed by atoms with Crippen molar-refractivity contribution in [1.82, 2.24) is 10.3 Å². The molecular weight excluding hydrogens is 442 g/mol. The lowest BCUT2D eigenvalue weighted by Crippen LogP contribution is -2.33. The first kappa shape index (κ1) is 22.9. The molecule has 0 aliphatic heterocycles. The molecule has 0 radical (unpaired) electrons. The summed E-state index contributed by atoms with van der Waals surface area (Å²) in [5.74, 6) is -0.217. The number of rotatable bonds is 8. The van der Waals surface area contributed by atoms with Crippen molar-refractivity contribution in [2.75, 3.05) is 18.1 Å². The van der Waals surface area contributed by atoms with Gasteiger partial charge in [0.05, 0.1) is 18.6 Å². The smallest absolute Gasteiger partial charge is 0.272 e. The van der Waals surface area contributed by atoms with E-state index >= 15 is 0 Å². The summed E-state index contributed by atoms with van der Waals surface area (Å²) in [5, 5.41) is 7.05. The predicted molar refractivity (Wildman–Crippen MR) is 125 cm³/mol. The second-order valence-electron chi connectivity index (χ2n) is 8.14. The van der Waals surface area contributed by atoms with Gasteiger partial charge in [-0.15, -0.1) is 0 Å². The van der Waals surface area contributed by atoms with Crippen LogP contribution in [0.25, 0.3) is 10.8 Å². The Labute approximate surface area is 192 Å². The fraction of sp³-hybridized carbons (Fsp3) is 0.292. The molecule has 33 heavy (non-hydrogen) atoms. The lowest BCUT2D eigenvalue weighted by molar-refractivity contribution is 0.0935. The molecule has 0 unspecified atom stereocenters. The maximum Gasteiger partial charge on any atom is 0.272 e. The molecule has 0 bridgehead atoms. The van der Waals surface area contributed by atoms with E-state index in [-0.39, 0.29) is 18.2 Å². The normalized spacial score (nSPS) is 14.0. The highest BCUT2D eigenvalue weighted by atomic mass is 32.2. The third-order valence-corrected chi connectivity index (χ3v) is 6.28. The lowest BCUT2D eigenvalue weighted by atomic mass is 9.85. The van der Waals surface area contributed by atoms with E-state index in [1.807, 2.05) is 0 Å². The zero-order valence-corrected chi connectivity index (χ0v) is 19.0. The van der Waals surface area contributed by atoms with Gasteiger partial charge < -0.3 is 10.6 Å². The number of fused-ring (bicyclic) bond motifs is 1. The predicted octanol–water partition coefficient (Wildman–Crippen LogP) is 3.49. The number of hydrogen-bond donors (Lipinski definition) is 2. The second kappa shape index (κ2) is 9.68. The van der Waals surface area contributed by atoms with Crippen LogP contribution >= 0.6 is 0 Å². The molecule has 9 heteroatoms. The van der Waals surface area contributed by atoms with E-state index < -0.39 is 16.0 Å². The Morgan fingerprint density at radius 2 is 1.79 bits per heavy atom. The van der Waals surface area contributed by atoms with Gasteiger partial charge in [-0.05, 0) is 53.3 Å². The Kier molecular flexibility index (Phi) is 6.71. The van der Waals surface area contributed by atoms with E-state index in [0.29, 0.717) is 40.0 Å². The molecule has 0 spiro atoms.